The van der Waals surface area contributed by atoms with E-state index in [1.807, 2.05) is 13.0 Å². The third kappa shape index (κ3) is 3.34. The van der Waals surface area contributed by atoms with Crippen LogP contribution >= 0.6 is 0 Å². The summed E-state index contributed by atoms with van der Waals surface area (Å²) >= 11 is 0. The Labute approximate surface area is 115 Å². The maximum atomic E-state index is 13.7. The number of hydrogen-bond acceptors (Lipinski definition) is 2. The Hall–Kier alpha value is -0.930. The van der Waals surface area contributed by atoms with Gasteiger partial charge in [0.1, 0.15) is 5.82 Å². The van der Waals surface area contributed by atoms with Crippen molar-refractivity contribution >= 4 is 0 Å². The zero-order valence-corrected chi connectivity index (χ0v) is 12.1. The van der Waals surface area contributed by atoms with Crippen molar-refractivity contribution in [3.05, 3.63) is 35.1 Å². The van der Waals surface area contributed by atoms with E-state index in [1.54, 1.807) is 12.1 Å². The van der Waals surface area contributed by atoms with Crippen LogP contribution in [0.4, 0.5) is 4.39 Å². The average molecular weight is 265 g/mol. The van der Waals surface area contributed by atoms with Crippen molar-refractivity contribution in [1.82, 2.24) is 5.32 Å². The Morgan fingerprint density at radius 1 is 1.42 bits per heavy atom. The number of halogens is 1. The lowest BCUT2D eigenvalue weighted by molar-refractivity contribution is 0.103. The molecule has 2 unspecified atom stereocenters. The largest absolute Gasteiger partial charge is 0.380 e. The Morgan fingerprint density at radius 3 is 2.89 bits per heavy atom. The van der Waals surface area contributed by atoms with Crippen LogP contribution < -0.4 is 5.32 Å². The number of hydrogen-bond donors (Lipinski definition) is 1. The van der Waals surface area contributed by atoms with Crippen LogP contribution in [0.25, 0.3) is 0 Å². The molecular formula is C16H24FNO. The highest BCUT2D eigenvalue weighted by molar-refractivity contribution is 5.35. The fraction of sp³-hybridized carbons (Fsp3) is 0.625. The highest BCUT2D eigenvalue weighted by Crippen LogP contribution is 2.33. The number of fused-ring (bicyclic) bond motifs is 1. The van der Waals surface area contributed by atoms with Crippen molar-refractivity contribution in [3.8, 4) is 0 Å². The molecule has 0 amide bonds. The molecule has 0 radical (unpaired) electrons. The lowest BCUT2D eigenvalue weighted by Crippen LogP contribution is -2.39. The molecule has 2 atom stereocenters. The summed E-state index contributed by atoms with van der Waals surface area (Å²) < 4.78 is 19.3. The fourth-order valence-corrected chi connectivity index (χ4v) is 2.72. The molecule has 2 rings (SSSR count). The van der Waals surface area contributed by atoms with Gasteiger partial charge in [0.25, 0.3) is 0 Å². The molecule has 1 aliphatic rings. The van der Waals surface area contributed by atoms with Crippen LogP contribution in [0.2, 0.25) is 0 Å². The quantitative estimate of drug-likeness (QED) is 0.850. The molecule has 1 N–H and O–H groups in total. The first kappa shape index (κ1) is 14.5. The standard InChI is InChI=1S/C16H24FNO/c1-4-19-10-16(11(2)3)18-15-9-8-12-13(15)6-5-7-14(12)17/h5-7,11,15-16,18H,4,8-10H2,1-3H3. The number of nitrogens with one attached hydrogen (secondary N) is 1. The zero-order chi connectivity index (χ0) is 13.8. The van der Waals surface area contributed by atoms with Crippen LogP contribution in [-0.2, 0) is 11.2 Å². The molecule has 2 nitrogen and oxygen atoms in total. The first-order valence-electron chi connectivity index (χ1n) is 7.24. The van der Waals surface area contributed by atoms with Crippen molar-refractivity contribution in [2.75, 3.05) is 13.2 Å². The van der Waals surface area contributed by atoms with Crippen LogP contribution in [0.3, 0.4) is 0 Å². The van der Waals surface area contributed by atoms with Crippen molar-refractivity contribution in [3.63, 3.8) is 0 Å². The Morgan fingerprint density at radius 2 is 2.21 bits per heavy atom. The van der Waals surface area contributed by atoms with Crippen molar-refractivity contribution in [2.24, 2.45) is 5.92 Å². The van der Waals surface area contributed by atoms with E-state index in [4.69, 9.17) is 4.74 Å². The summed E-state index contributed by atoms with van der Waals surface area (Å²) in [6.45, 7) is 7.85. The lowest BCUT2D eigenvalue weighted by atomic mass is 10.0. The first-order chi connectivity index (χ1) is 9.13. The minimum atomic E-state index is -0.0623. The smallest absolute Gasteiger partial charge is 0.126 e. The maximum Gasteiger partial charge on any atom is 0.126 e. The second kappa shape index (κ2) is 6.49. The highest BCUT2D eigenvalue weighted by atomic mass is 19.1. The summed E-state index contributed by atoms with van der Waals surface area (Å²) in [5, 5.41) is 3.64. The Kier molecular flexibility index (Phi) is 4.94. The zero-order valence-electron chi connectivity index (χ0n) is 12.1. The van der Waals surface area contributed by atoms with Crippen LogP contribution in [0.15, 0.2) is 18.2 Å². The molecule has 0 fully saturated rings. The molecular weight excluding hydrogens is 241 g/mol. The van der Waals surface area contributed by atoms with Gasteiger partial charge in [0.2, 0.25) is 0 Å². The number of ether oxygens (including phenoxy) is 1. The lowest BCUT2D eigenvalue weighted by Gasteiger charge is -2.26. The minimum absolute atomic E-state index is 0.0623. The Balaban J connectivity index is 2.06. The summed E-state index contributed by atoms with van der Waals surface area (Å²) in [6.07, 6.45) is 1.81. The van der Waals surface area contributed by atoms with Crippen LogP contribution in [0, 0.1) is 11.7 Å². The van der Waals surface area contributed by atoms with Gasteiger partial charge in [-0.2, -0.15) is 0 Å². The molecule has 106 valence electrons. The van der Waals surface area contributed by atoms with E-state index in [0.29, 0.717) is 12.0 Å². The Bertz CT molecular complexity index is 419. The van der Waals surface area contributed by atoms with Gasteiger partial charge in [-0.05, 0) is 42.9 Å². The molecule has 0 saturated carbocycles. The van der Waals surface area contributed by atoms with E-state index in [0.717, 1.165) is 37.2 Å². The van der Waals surface area contributed by atoms with Gasteiger partial charge in [0.15, 0.2) is 0 Å². The molecule has 1 aliphatic carbocycles. The normalized spacial score (nSPS) is 19.7. The summed E-state index contributed by atoms with van der Waals surface area (Å²) in [4.78, 5) is 0. The molecule has 0 bridgehead atoms. The summed E-state index contributed by atoms with van der Waals surface area (Å²) in [5.41, 5.74) is 2.01. The first-order valence-corrected chi connectivity index (χ1v) is 7.24. The van der Waals surface area contributed by atoms with E-state index >= 15 is 0 Å². The highest BCUT2D eigenvalue weighted by Gasteiger charge is 2.27. The van der Waals surface area contributed by atoms with E-state index in [9.17, 15) is 4.39 Å². The van der Waals surface area contributed by atoms with Gasteiger partial charge < -0.3 is 10.1 Å². The summed E-state index contributed by atoms with van der Waals surface area (Å²) in [7, 11) is 0. The molecule has 3 heteroatoms. The molecule has 0 saturated heterocycles. The third-order valence-corrected chi connectivity index (χ3v) is 3.94. The van der Waals surface area contributed by atoms with Crippen LogP contribution in [-0.4, -0.2) is 19.3 Å². The molecule has 1 aromatic carbocycles. The fourth-order valence-electron chi connectivity index (χ4n) is 2.72. The SMILES string of the molecule is CCOCC(NC1CCc2c(F)cccc21)C(C)C. The molecule has 0 spiro atoms. The molecule has 0 heterocycles. The number of benzene rings is 1. The predicted molar refractivity (Wildman–Crippen MR) is 75.7 cm³/mol. The van der Waals surface area contributed by atoms with Gasteiger partial charge >= 0.3 is 0 Å². The van der Waals surface area contributed by atoms with Crippen LogP contribution in [0.1, 0.15) is 44.4 Å². The third-order valence-electron chi connectivity index (χ3n) is 3.94. The monoisotopic (exact) mass is 265 g/mol. The van der Waals surface area contributed by atoms with Crippen molar-refractivity contribution < 1.29 is 9.13 Å². The minimum Gasteiger partial charge on any atom is -0.380 e. The van der Waals surface area contributed by atoms with E-state index < -0.39 is 0 Å². The van der Waals surface area contributed by atoms with Crippen molar-refractivity contribution in [1.29, 1.82) is 0 Å². The molecule has 1 aromatic rings. The van der Waals surface area contributed by atoms with E-state index in [1.165, 1.54) is 0 Å². The second-order valence-corrected chi connectivity index (χ2v) is 5.58. The van der Waals surface area contributed by atoms with Crippen molar-refractivity contribution in [2.45, 2.75) is 45.7 Å². The predicted octanol–water partition coefficient (Wildman–Crippen LogP) is 3.46. The van der Waals surface area contributed by atoms with Crippen LogP contribution in [0.5, 0.6) is 0 Å². The van der Waals surface area contributed by atoms with Gasteiger partial charge in [0, 0.05) is 18.7 Å². The molecule has 0 aliphatic heterocycles. The van der Waals surface area contributed by atoms with Gasteiger partial charge in [-0.1, -0.05) is 26.0 Å². The van der Waals surface area contributed by atoms with E-state index in [2.05, 4.69) is 19.2 Å². The van der Waals surface area contributed by atoms with E-state index in [-0.39, 0.29) is 11.9 Å². The summed E-state index contributed by atoms with van der Waals surface area (Å²) in [6, 6.07) is 5.99. The maximum absolute atomic E-state index is 13.7. The van der Waals surface area contributed by atoms with Gasteiger partial charge in [-0.15, -0.1) is 0 Å². The number of rotatable bonds is 6. The molecule has 19 heavy (non-hydrogen) atoms. The second-order valence-electron chi connectivity index (χ2n) is 5.58. The van der Waals surface area contributed by atoms with Gasteiger partial charge in [0.05, 0.1) is 6.61 Å². The average Bonchev–Trinajstić information content (AvgIpc) is 2.79. The summed E-state index contributed by atoms with van der Waals surface area (Å²) in [5.74, 6) is 0.442. The topological polar surface area (TPSA) is 21.3 Å². The molecule has 0 aromatic heterocycles. The van der Waals surface area contributed by atoms with Gasteiger partial charge in [-0.25, -0.2) is 4.39 Å². The van der Waals surface area contributed by atoms with Gasteiger partial charge in [-0.3, -0.25) is 0 Å².